The van der Waals surface area contributed by atoms with Crippen LogP contribution in [0, 0.1) is 0 Å². The topological polar surface area (TPSA) is 40.2 Å². The number of likely N-dealkylation sites (N-methyl/N-ethyl adjacent to an activating group) is 1. The molecule has 5 heteroatoms. The van der Waals surface area contributed by atoms with Crippen molar-refractivity contribution >= 4 is 17.0 Å². The summed E-state index contributed by atoms with van der Waals surface area (Å²) >= 11 is 1.81. The highest BCUT2D eigenvalue weighted by atomic mass is 32.1. The number of hydrogen-bond acceptors (Lipinski definition) is 5. The molecule has 2 N–H and O–H groups in total. The third-order valence-corrected chi connectivity index (χ3v) is 5.04. The molecule has 3 rings (SSSR count). The number of hydrogen-bond donors (Lipinski definition) is 2. The first-order valence-corrected chi connectivity index (χ1v) is 7.87. The van der Waals surface area contributed by atoms with Crippen LogP contribution in [0.5, 0.6) is 0 Å². The molecule has 19 heavy (non-hydrogen) atoms. The van der Waals surface area contributed by atoms with Crippen molar-refractivity contribution in [3.8, 4) is 0 Å². The molecule has 4 nitrogen and oxygen atoms in total. The van der Waals surface area contributed by atoms with Crippen molar-refractivity contribution in [2.75, 3.05) is 26.7 Å². The Morgan fingerprint density at radius 2 is 2.26 bits per heavy atom. The molecule has 1 aromatic heterocycles. The predicted molar refractivity (Wildman–Crippen MR) is 80.2 cm³/mol. The van der Waals surface area contributed by atoms with Gasteiger partial charge in [0.1, 0.15) is 5.01 Å². The van der Waals surface area contributed by atoms with E-state index in [9.17, 15) is 0 Å². The Bertz CT molecular complexity index is 462. The van der Waals surface area contributed by atoms with Gasteiger partial charge in [-0.25, -0.2) is 4.98 Å². The van der Waals surface area contributed by atoms with Crippen molar-refractivity contribution in [2.45, 2.75) is 31.8 Å². The summed E-state index contributed by atoms with van der Waals surface area (Å²) in [5.74, 6) is 0. The fourth-order valence-corrected chi connectivity index (χ4v) is 3.85. The number of piperidine rings is 1. The zero-order chi connectivity index (χ0) is 13.2. The van der Waals surface area contributed by atoms with E-state index in [1.807, 2.05) is 0 Å². The molecule has 0 spiro atoms. The third kappa shape index (κ3) is 2.99. The highest BCUT2D eigenvalue weighted by Crippen LogP contribution is 2.27. The molecule has 1 saturated heterocycles. The summed E-state index contributed by atoms with van der Waals surface area (Å²) < 4.78 is 0. The number of nitrogens with one attached hydrogen (secondary N) is 2. The molecule has 2 aliphatic rings. The predicted octanol–water partition coefficient (Wildman–Crippen LogP) is 1.44. The van der Waals surface area contributed by atoms with Gasteiger partial charge in [-0.3, -0.25) is 0 Å². The van der Waals surface area contributed by atoms with Gasteiger partial charge in [0.05, 0.1) is 11.4 Å². The molecular weight excluding hydrogens is 256 g/mol. The van der Waals surface area contributed by atoms with Crippen molar-refractivity contribution < 1.29 is 0 Å². The molecular formula is C14H22N4S. The fourth-order valence-electron chi connectivity index (χ4n) is 2.73. The van der Waals surface area contributed by atoms with Crippen LogP contribution in [0.3, 0.4) is 0 Å². The third-order valence-electron chi connectivity index (χ3n) is 3.90. The van der Waals surface area contributed by atoms with E-state index in [1.165, 1.54) is 23.4 Å². The molecule has 3 heterocycles. The quantitative estimate of drug-likeness (QED) is 0.878. The molecule has 1 fully saturated rings. The molecule has 0 aliphatic carbocycles. The van der Waals surface area contributed by atoms with Crippen molar-refractivity contribution in [2.24, 2.45) is 0 Å². The number of rotatable bonds is 3. The summed E-state index contributed by atoms with van der Waals surface area (Å²) in [6.45, 7) is 8.54. The normalized spacial score (nSPS) is 21.1. The van der Waals surface area contributed by atoms with E-state index in [0.29, 0.717) is 6.04 Å². The van der Waals surface area contributed by atoms with Crippen LogP contribution in [0.25, 0.3) is 5.70 Å². The smallest absolute Gasteiger partial charge is 0.139 e. The van der Waals surface area contributed by atoms with Gasteiger partial charge in [0.25, 0.3) is 0 Å². The van der Waals surface area contributed by atoms with E-state index in [1.54, 1.807) is 11.3 Å². The maximum absolute atomic E-state index is 4.76. The molecule has 0 unspecified atom stereocenters. The van der Waals surface area contributed by atoms with Crippen LogP contribution < -0.4 is 10.6 Å². The van der Waals surface area contributed by atoms with Gasteiger partial charge in [-0.2, -0.15) is 0 Å². The summed E-state index contributed by atoms with van der Waals surface area (Å²) in [5.41, 5.74) is 2.29. The Balaban J connectivity index is 1.66. The van der Waals surface area contributed by atoms with Gasteiger partial charge in [0.15, 0.2) is 0 Å². The minimum absolute atomic E-state index is 0.553. The molecule has 0 atom stereocenters. The van der Waals surface area contributed by atoms with Gasteiger partial charge in [-0.15, -0.1) is 11.3 Å². The molecule has 0 aromatic carbocycles. The van der Waals surface area contributed by atoms with Gasteiger partial charge < -0.3 is 15.5 Å². The lowest BCUT2D eigenvalue weighted by atomic mass is 10.1. The van der Waals surface area contributed by atoms with E-state index in [4.69, 9.17) is 4.98 Å². The Hall–Kier alpha value is -0.910. The maximum Gasteiger partial charge on any atom is 0.139 e. The lowest BCUT2D eigenvalue weighted by molar-refractivity contribution is 0.314. The molecule has 0 bridgehead atoms. The van der Waals surface area contributed by atoms with E-state index in [0.717, 1.165) is 43.3 Å². The van der Waals surface area contributed by atoms with Crippen molar-refractivity contribution in [1.29, 1.82) is 0 Å². The van der Waals surface area contributed by atoms with Gasteiger partial charge in [-0.05, 0) is 33.0 Å². The van der Waals surface area contributed by atoms with Crippen LogP contribution in [0.15, 0.2) is 6.58 Å². The number of thiazole rings is 1. The van der Waals surface area contributed by atoms with E-state index in [2.05, 4.69) is 29.2 Å². The Labute approximate surface area is 118 Å². The van der Waals surface area contributed by atoms with E-state index >= 15 is 0 Å². The van der Waals surface area contributed by atoms with Crippen molar-refractivity contribution in [3.63, 3.8) is 0 Å². The molecule has 0 radical (unpaired) electrons. The van der Waals surface area contributed by atoms with Gasteiger partial charge in [-0.1, -0.05) is 6.58 Å². The first-order chi connectivity index (χ1) is 9.22. The van der Waals surface area contributed by atoms with Crippen molar-refractivity contribution in [3.05, 3.63) is 22.2 Å². The summed E-state index contributed by atoms with van der Waals surface area (Å²) in [7, 11) is 2.17. The van der Waals surface area contributed by atoms with Crippen LogP contribution in [0.1, 0.15) is 28.4 Å². The first-order valence-electron chi connectivity index (χ1n) is 7.06. The van der Waals surface area contributed by atoms with Gasteiger partial charge in [0, 0.05) is 30.4 Å². The average Bonchev–Trinajstić information content (AvgIpc) is 2.83. The Morgan fingerprint density at radius 3 is 3.05 bits per heavy atom. The largest absolute Gasteiger partial charge is 0.380 e. The lowest BCUT2D eigenvalue weighted by Gasteiger charge is -2.24. The number of nitrogens with zero attached hydrogens (tertiary/aromatic N) is 2. The highest BCUT2D eigenvalue weighted by molar-refractivity contribution is 7.12. The van der Waals surface area contributed by atoms with Gasteiger partial charge >= 0.3 is 0 Å². The molecule has 104 valence electrons. The SMILES string of the molecule is C=C(NC1CCNCC1)c1nc2c(s1)CN(C)CC2. The van der Waals surface area contributed by atoms with Crippen LogP contribution in [0.2, 0.25) is 0 Å². The molecule has 0 amide bonds. The zero-order valence-corrected chi connectivity index (χ0v) is 12.4. The van der Waals surface area contributed by atoms with Crippen LogP contribution in [-0.2, 0) is 13.0 Å². The van der Waals surface area contributed by atoms with E-state index in [-0.39, 0.29) is 0 Å². The summed E-state index contributed by atoms with van der Waals surface area (Å²) in [4.78, 5) is 8.53. The van der Waals surface area contributed by atoms with E-state index < -0.39 is 0 Å². The standard InChI is InChI=1S/C14H22N4S/c1-10(16-11-3-6-15-7-4-11)14-17-12-5-8-18(2)9-13(12)19-14/h11,15-16H,1,3-9H2,2H3. The molecule has 0 saturated carbocycles. The lowest BCUT2D eigenvalue weighted by Crippen LogP contribution is -2.38. The number of fused-ring (bicyclic) bond motifs is 1. The Kier molecular flexibility index (Phi) is 3.86. The second-order valence-electron chi connectivity index (χ2n) is 5.52. The fraction of sp³-hybridized carbons (Fsp3) is 0.643. The number of aromatic nitrogens is 1. The Morgan fingerprint density at radius 1 is 1.47 bits per heavy atom. The van der Waals surface area contributed by atoms with Gasteiger partial charge in [0.2, 0.25) is 0 Å². The second-order valence-corrected chi connectivity index (χ2v) is 6.61. The highest BCUT2D eigenvalue weighted by Gasteiger charge is 2.20. The van der Waals surface area contributed by atoms with Crippen LogP contribution in [0.4, 0.5) is 0 Å². The molecule has 1 aromatic rings. The summed E-state index contributed by atoms with van der Waals surface area (Å²) in [5, 5.41) is 8.02. The zero-order valence-electron chi connectivity index (χ0n) is 11.5. The monoisotopic (exact) mass is 278 g/mol. The minimum Gasteiger partial charge on any atom is -0.380 e. The van der Waals surface area contributed by atoms with Crippen LogP contribution >= 0.6 is 11.3 Å². The minimum atomic E-state index is 0.553. The van der Waals surface area contributed by atoms with Crippen molar-refractivity contribution in [1.82, 2.24) is 20.5 Å². The second kappa shape index (κ2) is 5.61. The maximum atomic E-state index is 4.76. The van der Waals surface area contributed by atoms with Crippen LogP contribution in [-0.4, -0.2) is 42.6 Å². The summed E-state index contributed by atoms with van der Waals surface area (Å²) in [6, 6.07) is 0.553. The average molecular weight is 278 g/mol. The summed E-state index contributed by atoms with van der Waals surface area (Å²) in [6.07, 6.45) is 3.42. The molecule has 2 aliphatic heterocycles. The first kappa shape index (κ1) is 13.1.